The Bertz CT molecular complexity index is 3030. The number of hydrogen-bond donors (Lipinski definition) is 6. The number of nitrogens with one attached hydrogen (secondary N) is 3. The number of halogens is 2. The number of nitrogen functional groups attached to an aromatic ring is 1. The number of aromatic hydroxyl groups is 1. The molecular weight excluding hydrogens is 771 g/mol. The molecule has 0 saturated carbocycles. The second-order valence-corrected chi connectivity index (χ2v) is 14.0. The summed E-state index contributed by atoms with van der Waals surface area (Å²) in [5.74, 6) is -2.05. The van der Waals surface area contributed by atoms with Gasteiger partial charge in [-0.2, -0.15) is 0 Å². The molecule has 0 bridgehead atoms. The number of fused-ring (bicyclic) bond motifs is 4. The molecule has 12 nitrogen and oxygen atoms in total. The summed E-state index contributed by atoms with van der Waals surface area (Å²) in [5.41, 5.74) is 10.1. The molecule has 2 heterocycles. The van der Waals surface area contributed by atoms with E-state index in [4.69, 9.17) is 43.2 Å². The minimum absolute atomic E-state index is 0.0203. The summed E-state index contributed by atoms with van der Waals surface area (Å²) in [6, 6.07) is 27.2. The Kier molecular flexibility index (Phi) is 9.36. The van der Waals surface area contributed by atoms with Crippen molar-refractivity contribution in [1.82, 2.24) is 10.6 Å². The van der Waals surface area contributed by atoms with Gasteiger partial charge in [0.2, 0.25) is 5.91 Å². The van der Waals surface area contributed by atoms with E-state index in [0.717, 1.165) is 28.1 Å². The number of phenolic OH excluding ortho intramolecular Hbond substituents is 1. The lowest BCUT2D eigenvalue weighted by Gasteiger charge is -2.20. The molecule has 2 aliphatic carbocycles. The Hall–Kier alpha value is -7.15. The van der Waals surface area contributed by atoms with Gasteiger partial charge in [-0.3, -0.25) is 14.4 Å². The standard InChI is InChI=1S/C43H28Cl2N4O8/c44-31-17-30(41(45)40(39(31)43(54)55)38-28-9-5-22(46)13-32(28)56-33-14-23(47)6-10-29(33)38)42(53)49-19-36(52)48-18-20-1-3-21(4-2-20)37-26-11-7-24(50)15-34(26)57-35-16-25(51)8-12-27(35)37/h1-17,46,50H,18-19,47H2,(H,48,52)(H,49,53)(H,54,55). The van der Waals surface area contributed by atoms with E-state index in [2.05, 4.69) is 10.6 Å². The van der Waals surface area contributed by atoms with Crippen molar-refractivity contribution in [1.29, 1.82) is 5.41 Å². The van der Waals surface area contributed by atoms with Gasteiger partial charge in [0.15, 0.2) is 5.43 Å². The summed E-state index contributed by atoms with van der Waals surface area (Å²) in [4.78, 5) is 51.3. The van der Waals surface area contributed by atoms with Crippen molar-refractivity contribution < 1.29 is 33.4 Å². The monoisotopic (exact) mass is 798 g/mol. The number of carboxylic acids is 1. The van der Waals surface area contributed by atoms with Crippen LogP contribution in [0.3, 0.4) is 0 Å². The van der Waals surface area contributed by atoms with Crippen molar-refractivity contribution in [3.63, 3.8) is 0 Å². The van der Waals surface area contributed by atoms with Gasteiger partial charge in [0.1, 0.15) is 28.4 Å². The fraction of sp³-hybridized carbons (Fsp3) is 0.0465. The highest BCUT2D eigenvalue weighted by Gasteiger charge is 2.29. The van der Waals surface area contributed by atoms with Crippen molar-refractivity contribution in [2.24, 2.45) is 0 Å². The molecule has 2 aliphatic heterocycles. The number of anilines is 1. The molecule has 0 radical (unpaired) electrons. The molecule has 57 heavy (non-hydrogen) atoms. The zero-order chi connectivity index (χ0) is 40.1. The fourth-order valence-electron chi connectivity index (χ4n) is 6.89. The predicted molar refractivity (Wildman–Crippen MR) is 216 cm³/mol. The topological polar surface area (TPSA) is 209 Å². The molecule has 0 atom stereocenters. The van der Waals surface area contributed by atoms with Crippen molar-refractivity contribution in [2.75, 3.05) is 12.3 Å². The molecule has 282 valence electrons. The van der Waals surface area contributed by atoms with Crippen LogP contribution >= 0.6 is 23.2 Å². The lowest BCUT2D eigenvalue weighted by Crippen LogP contribution is -2.36. The van der Waals surface area contributed by atoms with Crippen LogP contribution in [-0.2, 0) is 11.3 Å². The molecule has 14 heteroatoms. The maximum absolute atomic E-state index is 13.6. The number of amides is 2. The van der Waals surface area contributed by atoms with Crippen LogP contribution in [0.2, 0.25) is 10.0 Å². The van der Waals surface area contributed by atoms with Crippen molar-refractivity contribution in [2.45, 2.75) is 6.54 Å². The molecule has 7 N–H and O–H groups in total. The third kappa shape index (κ3) is 6.88. The first-order valence-corrected chi connectivity index (χ1v) is 18.0. The minimum atomic E-state index is -1.40. The Balaban J connectivity index is 1.03. The highest BCUT2D eigenvalue weighted by atomic mass is 35.5. The zero-order valence-electron chi connectivity index (χ0n) is 29.4. The number of aromatic carboxylic acids is 1. The van der Waals surface area contributed by atoms with Gasteiger partial charge in [-0.15, -0.1) is 0 Å². The summed E-state index contributed by atoms with van der Waals surface area (Å²) in [5, 5.41) is 34.6. The molecule has 8 rings (SSSR count). The number of carbonyl (C=O) groups is 3. The average molecular weight is 800 g/mol. The molecular formula is C43H28Cl2N4O8. The first-order chi connectivity index (χ1) is 27.4. The van der Waals surface area contributed by atoms with Gasteiger partial charge < -0.3 is 40.8 Å². The zero-order valence-corrected chi connectivity index (χ0v) is 30.9. The SMILES string of the molecule is N=c1ccc2c(-c3c(Cl)c(C(=O)NCC(=O)NCc4ccc(-c5c6ccc(=O)cc-6oc6cc(O)ccc56)cc4)cc(Cl)c3C(=O)O)c3ccc(N)cc3oc-2c1. The number of hydrogen-bond acceptors (Lipinski definition) is 9. The van der Waals surface area contributed by atoms with Crippen LogP contribution in [-0.4, -0.2) is 34.5 Å². The van der Waals surface area contributed by atoms with E-state index in [-0.39, 0.29) is 61.2 Å². The molecule has 4 aromatic carbocycles. The second-order valence-electron chi connectivity index (χ2n) is 13.2. The number of benzene rings is 6. The van der Waals surface area contributed by atoms with E-state index in [1.807, 2.05) is 24.3 Å². The van der Waals surface area contributed by atoms with Crippen LogP contribution in [0.15, 0.2) is 117 Å². The van der Waals surface area contributed by atoms with Gasteiger partial charge in [0.05, 0.1) is 33.1 Å². The summed E-state index contributed by atoms with van der Waals surface area (Å²) < 4.78 is 12.0. The number of carboxylic acid groups (broad SMARTS) is 1. The van der Waals surface area contributed by atoms with Gasteiger partial charge in [-0.1, -0.05) is 47.5 Å². The van der Waals surface area contributed by atoms with Gasteiger partial charge in [-0.25, -0.2) is 4.79 Å². The van der Waals surface area contributed by atoms with Gasteiger partial charge in [-0.05, 0) is 65.7 Å². The van der Waals surface area contributed by atoms with Crippen LogP contribution in [0.1, 0.15) is 26.3 Å². The summed E-state index contributed by atoms with van der Waals surface area (Å²) in [6.45, 7) is -0.315. The third-order valence-electron chi connectivity index (χ3n) is 9.49. The molecule has 0 aromatic heterocycles. The van der Waals surface area contributed by atoms with E-state index in [1.54, 1.807) is 42.5 Å². The van der Waals surface area contributed by atoms with E-state index in [0.29, 0.717) is 39.1 Å². The quantitative estimate of drug-likeness (QED) is 0.0651. The number of carbonyl (C=O) groups excluding carboxylic acids is 2. The van der Waals surface area contributed by atoms with Crippen LogP contribution < -0.4 is 27.2 Å². The van der Waals surface area contributed by atoms with E-state index in [1.165, 1.54) is 30.3 Å². The van der Waals surface area contributed by atoms with Gasteiger partial charge in [0, 0.05) is 75.1 Å². The Labute approximate surface area is 331 Å². The van der Waals surface area contributed by atoms with Crippen LogP contribution in [0.5, 0.6) is 5.75 Å². The van der Waals surface area contributed by atoms with E-state index in [9.17, 15) is 29.4 Å². The summed E-state index contributed by atoms with van der Waals surface area (Å²) >= 11 is 13.5. The number of nitrogens with two attached hydrogens (primary N) is 1. The molecule has 4 aromatic rings. The van der Waals surface area contributed by atoms with Gasteiger partial charge in [0.25, 0.3) is 5.91 Å². The summed E-state index contributed by atoms with van der Waals surface area (Å²) in [7, 11) is 0. The lowest BCUT2D eigenvalue weighted by atomic mass is 9.89. The molecule has 4 aliphatic rings. The molecule has 0 saturated heterocycles. The first kappa shape index (κ1) is 36.8. The van der Waals surface area contributed by atoms with Crippen molar-refractivity contribution in [3.05, 3.63) is 145 Å². The smallest absolute Gasteiger partial charge is 0.337 e. The third-order valence-corrected chi connectivity index (χ3v) is 10.2. The van der Waals surface area contributed by atoms with E-state index < -0.39 is 24.3 Å². The Morgan fingerprint density at radius 3 is 2.16 bits per heavy atom. The maximum atomic E-state index is 13.6. The Morgan fingerprint density at radius 1 is 0.737 bits per heavy atom. The van der Waals surface area contributed by atoms with Crippen LogP contribution in [0.4, 0.5) is 5.69 Å². The second kappa shape index (κ2) is 14.5. The Morgan fingerprint density at radius 2 is 1.40 bits per heavy atom. The highest BCUT2D eigenvalue weighted by Crippen LogP contribution is 2.47. The fourth-order valence-corrected chi connectivity index (χ4v) is 7.50. The van der Waals surface area contributed by atoms with Crippen molar-refractivity contribution in [3.8, 4) is 50.7 Å². The number of rotatable bonds is 8. The van der Waals surface area contributed by atoms with Crippen LogP contribution in [0.25, 0.3) is 66.8 Å². The lowest BCUT2D eigenvalue weighted by molar-refractivity contribution is -0.120. The van der Waals surface area contributed by atoms with Crippen molar-refractivity contribution >= 4 is 68.6 Å². The van der Waals surface area contributed by atoms with Gasteiger partial charge >= 0.3 is 5.97 Å². The number of phenols is 1. The normalized spacial score (nSPS) is 11.3. The molecule has 0 fully saturated rings. The summed E-state index contributed by atoms with van der Waals surface area (Å²) in [6.07, 6.45) is 0. The average Bonchev–Trinajstić information content (AvgIpc) is 3.17. The highest BCUT2D eigenvalue weighted by molar-refractivity contribution is 6.41. The predicted octanol–water partition coefficient (Wildman–Crippen LogP) is 7.90. The van der Waals surface area contributed by atoms with Crippen LogP contribution in [0, 0.1) is 5.41 Å². The van der Waals surface area contributed by atoms with E-state index >= 15 is 0 Å². The molecule has 0 spiro atoms. The molecule has 0 unspecified atom stereocenters. The largest absolute Gasteiger partial charge is 0.508 e. The first-order valence-electron chi connectivity index (χ1n) is 17.3. The molecule has 2 amide bonds. The maximum Gasteiger partial charge on any atom is 0.337 e. The minimum Gasteiger partial charge on any atom is -0.508 e.